The fourth-order valence-electron chi connectivity index (χ4n) is 2.22. The molecule has 2 N–H and O–H groups in total. The van der Waals surface area contributed by atoms with E-state index in [4.69, 9.17) is 21.1 Å². The molecule has 0 aliphatic carbocycles. The predicted octanol–water partition coefficient (Wildman–Crippen LogP) is 4.63. The number of halogens is 1. The number of methoxy groups -OCH3 is 2. The Labute approximate surface area is 150 Å². The van der Waals surface area contributed by atoms with E-state index in [1.165, 1.54) is 6.33 Å². The van der Waals surface area contributed by atoms with Gasteiger partial charge in [-0.3, -0.25) is 0 Å². The molecule has 0 atom stereocenters. The van der Waals surface area contributed by atoms with Gasteiger partial charge in [-0.05, 0) is 36.4 Å². The molecule has 0 radical (unpaired) electrons. The van der Waals surface area contributed by atoms with E-state index >= 15 is 0 Å². The lowest BCUT2D eigenvalue weighted by atomic mass is 10.2. The Morgan fingerprint density at radius 2 is 1.56 bits per heavy atom. The highest BCUT2D eigenvalue weighted by Gasteiger charge is 2.07. The van der Waals surface area contributed by atoms with Crippen molar-refractivity contribution in [3.05, 3.63) is 59.9 Å². The molecule has 0 fully saturated rings. The van der Waals surface area contributed by atoms with Crippen LogP contribution in [-0.2, 0) is 0 Å². The lowest BCUT2D eigenvalue weighted by Gasteiger charge is -2.13. The Bertz CT molecular complexity index is 856. The highest BCUT2D eigenvalue weighted by molar-refractivity contribution is 6.30. The molecule has 1 heterocycles. The van der Waals surface area contributed by atoms with E-state index in [-0.39, 0.29) is 0 Å². The van der Waals surface area contributed by atoms with Gasteiger partial charge in [-0.2, -0.15) is 0 Å². The van der Waals surface area contributed by atoms with Gasteiger partial charge < -0.3 is 20.1 Å². The molecule has 7 heteroatoms. The van der Waals surface area contributed by atoms with Crippen molar-refractivity contribution in [2.24, 2.45) is 0 Å². The zero-order chi connectivity index (χ0) is 17.6. The van der Waals surface area contributed by atoms with Gasteiger partial charge in [0.2, 0.25) is 0 Å². The molecule has 1 aromatic heterocycles. The van der Waals surface area contributed by atoms with Crippen molar-refractivity contribution in [1.82, 2.24) is 9.97 Å². The molecule has 0 aliphatic heterocycles. The number of hydrogen-bond acceptors (Lipinski definition) is 6. The Kier molecular flexibility index (Phi) is 5.20. The molecule has 25 heavy (non-hydrogen) atoms. The Hall–Kier alpha value is -2.99. The minimum absolute atomic E-state index is 0.623. The summed E-state index contributed by atoms with van der Waals surface area (Å²) in [6, 6.07) is 14.7. The van der Waals surface area contributed by atoms with Crippen molar-refractivity contribution in [3.63, 3.8) is 0 Å². The van der Waals surface area contributed by atoms with E-state index in [1.54, 1.807) is 20.3 Å². The normalized spacial score (nSPS) is 10.2. The number of ether oxygens (including phenoxy) is 2. The molecule has 3 rings (SSSR count). The summed E-state index contributed by atoms with van der Waals surface area (Å²) in [6.07, 6.45) is 1.48. The summed E-state index contributed by atoms with van der Waals surface area (Å²) in [5.41, 5.74) is 1.63. The Balaban J connectivity index is 1.81. The first-order valence-corrected chi connectivity index (χ1v) is 7.89. The number of hydrogen-bond donors (Lipinski definition) is 2. The van der Waals surface area contributed by atoms with Gasteiger partial charge in [0.05, 0.1) is 19.9 Å². The molecule has 0 saturated heterocycles. The first-order valence-electron chi connectivity index (χ1n) is 7.51. The SMILES string of the molecule is COc1ccc(OC)c(Nc2cc(Nc3ccc(Cl)cc3)ncn2)c1. The summed E-state index contributed by atoms with van der Waals surface area (Å²) in [5, 5.41) is 7.10. The largest absolute Gasteiger partial charge is 0.497 e. The first kappa shape index (κ1) is 16.9. The fraction of sp³-hybridized carbons (Fsp3) is 0.111. The van der Waals surface area contributed by atoms with Crippen molar-refractivity contribution in [3.8, 4) is 11.5 Å². The van der Waals surface area contributed by atoms with Gasteiger partial charge in [0.15, 0.2) is 0 Å². The maximum absolute atomic E-state index is 5.90. The second kappa shape index (κ2) is 7.72. The van der Waals surface area contributed by atoms with E-state index in [0.29, 0.717) is 22.4 Å². The summed E-state index contributed by atoms with van der Waals surface area (Å²) in [6.45, 7) is 0. The van der Waals surface area contributed by atoms with E-state index in [1.807, 2.05) is 42.5 Å². The van der Waals surface area contributed by atoms with Crippen molar-refractivity contribution in [2.75, 3.05) is 24.9 Å². The second-order valence-corrected chi connectivity index (χ2v) is 5.55. The highest BCUT2D eigenvalue weighted by atomic mass is 35.5. The van der Waals surface area contributed by atoms with Crippen LogP contribution in [0.1, 0.15) is 0 Å². The molecule has 128 valence electrons. The second-order valence-electron chi connectivity index (χ2n) is 5.11. The third-order valence-electron chi connectivity index (χ3n) is 3.45. The lowest BCUT2D eigenvalue weighted by Crippen LogP contribution is -2.00. The van der Waals surface area contributed by atoms with E-state index in [0.717, 1.165) is 17.1 Å². The smallest absolute Gasteiger partial charge is 0.142 e. The van der Waals surface area contributed by atoms with Crippen molar-refractivity contribution < 1.29 is 9.47 Å². The van der Waals surface area contributed by atoms with Gasteiger partial charge in [-0.25, -0.2) is 9.97 Å². The molecule has 0 spiro atoms. The standard InChI is InChI=1S/C18H17ClN4O2/c1-24-14-7-8-16(25-2)15(9-14)23-18-10-17(20-11-21-18)22-13-5-3-12(19)4-6-13/h3-11H,1-2H3,(H2,20,21,22,23). The zero-order valence-electron chi connectivity index (χ0n) is 13.8. The molecule has 3 aromatic rings. The van der Waals surface area contributed by atoms with Gasteiger partial charge in [0.1, 0.15) is 29.5 Å². The van der Waals surface area contributed by atoms with Crippen LogP contribution >= 0.6 is 11.6 Å². The minimum atomic E-state index is 0.623. The van der Waals surface area contributed by atoms with Crippen LogP contribution in [0.15, 0.2) is 54.9 Å². The quantitative estimate of drug-likeness (QED) is 0.671. The number of nitrogens with zero attached hydrogens (tertiary/aromatic N) is 2. The topological polar surface area (TPSA) is 68.3 Å². The molecular weight excluding hydrogens is 340 g/mol. The fourth-order valence-corrected chi connectivity index (χ4v) is 2.35. The van der Waals surface area contributed by atoms with Crippen LogP contribution in [0.3, 0.4) is 0 Å². The van der Waals surface area contributed by atoms with Gasteiger partial charge in [-0.1, -0.05) is 11.6 Å². The number of aromatic nitrogens is 2. The average molecular weight is 357 g/mol. The van der Waals surface area contributed by atoms with E-state index in [2.05, 4.69) is 20.6 Å². The number of anilines is 4. The molecule has 0 saturated carbocycles. The number of benzene rings is 2. The average Bonchev–Trinajstić information content (AvgIpc) is 2.64. The van der Waals surface area contributed by atoms with E-state index < -0.39 is 0 Å². The summed E-state index contributed by atoms with van der Waals surface area (Å²) in [4.78, 5) is 8.47. The lowest BCUT2D eigenvalue weighted by molar-refractivity contribution is 0.405. The molecular formula is C18H17ClN4O2. The van der Waals surface area contributed by atoms with Gasteiger partial charge >= 0.3 is 0 Å². The van der Waals surface area contributed by atoms with Crippen LogP contribution < -0.4 is 20.1 Å². The van der Waals surface area contributed by atoms with Gasteiger partial charge in [0, 0.05) is 22.8 Å². The van der Waals surface area contributed by atoms with Crippen LogP contribution in [0.4, 0.5) is 23.0 Å². The van der Waals surface area contributed by atoms with E-state index in [9.17, 15) is 0 Å². The summed E-state index contributed by atoms with van der Waals surface area (Å²) in [5.74, 6) is 2.68. The molecule has 2 aromatic carbocycles. The van der Waals surface area contributed by atoms with Crippen LogP contribution in [0.2, 0.25) is 5.02 Å². The van der Waals surface area contributed by atoms with Gasteiger partial charge in [-0.15, -0.1) is 0 Å². The first-order chi connectivity index (χ1) is 12.2. The molecule has 0 bridgehead atoms. The number of nitrogens with one attached hydrogen (secondary N) is 2. The maximum atomic E-state index is 5.90. The van der Waals surface area contributed by atoms with Crippen LogP contribution in [0.25, 0.3) is 0 Å². The van der Waals surface area contributed by atoms with Crippen LogP contribution in [-0.4, -0.2) is 24.2 Å². The highest BCUT2D eigenvalue weighted by Crippen LogP contribution is 2.31. The maximum Gasteiger partial charge on any atom is 0.142 e. The molecule has 0 amide bonds. The number of rotatable bonds is 6. The Morgan fingerprint density at radius 3 is 2.24 bits per heavy atom. The van der Waals surface area contributed by atoms with Crippen LogP contribution in [0.5, 0.6) is 11.5 Å². The van der Waals surface area contributed by atoms with Crippen molar-refractivity contribution in [2.45, 2.75) is 0 Å². The van der Waals surface area contributed by atoms with Crippen molar-refractivity contribution in [1.29, 1.82) is 0 Å². The molecule has 6 nitrogen and oxygen atoms in total. The van der Waals surface area contributed by atoms with Gasteiger partial charge in [0.25, 0.3) is 0 Å². The minimum Gasteiger partial charge on any atom is -0.497 e. The predicted molar refractivity (Wildman–Crippen MR) is 99.6 cm³/mol. The van der Waals surface area contributed by atoms with Crippen molar-refractivity contribution >= 4 is 34.6 Å². The summed E-state index contributed by atoms with van der Waals surface area (Å²) < 4.78 is 10.6. The third kappa shape index (κ3) is 4.30. The molecule has 0 aliphatic rings. The van der Waals surface area contributed by atoms with Crippen LogP contribution in [0, 0.1) is 0 Å². The Morgan fingerprint density at radius 1 is 0.840 bits per heavy atom. The monoisotopic (exact) mass is 356 g/mol. The zero-order valence-corrected chi connectivity index (χ0v) is 14.5. The third-order valence-corrected chi connectivity index (χ3v) is 3.71. The molecule has 0 unspecified atom stereocenters. The summed E-state index contributed by atoms with van der Waals surface area (Å²) >= 11 is 5.90. The summed E-state index contributed by atoms with van der Waals surface area (Å²) in [7, 11) is 3.23.